The number of aliphatic carboxylic acids is 1. The number of hydrogen-bond donors (Lipinski definition) is 2. The van der Waals surface area contributed by atoms with Crippen LogP contribution < -0.4 is 15.0 Å². The van der Waals surface area contributed by atoms with Crippen LogP contribution in [0.2, 0.25) is 0 Å². The van der Waals surface area contributed by atoms with Crippen molar-refractivity contribution >= 4 is 36.5 Å². The second-order valence-corrected chi connectivity index (χ2v) is 6.99. The summed E-state index contributed by atoms with van der Waals surface area (Å²) in [7, 11) is 0. The molecule has 0 spiro atoms. The summed E-state index contributed by atoms with van der Waals surface area (Å²) in [6.45, 7) is 7.46. The molecule has 6 nitrogen and oxygen atoms in total. The van der Waals surface area contributed by atoms with Gasteiger partial charge in [-0.15, -0.1) is 24.8 Å². The predicted octanol–water partition coefficient (Wildman–Crippen LogP) is 2.51. The maximum absolute atomic E-state index is 10.6. The summed E-state index contributed by atoms with van der Waals surface area (Å²) < 4.78 is 5.28. The molecule has 27 heavy (non-hydrogen) atoms. The summed E-state index contributed by atoms with van der Waals surface area (Å²) in [5, 5.41) is 12.2. The van der Waals surface area contributed by atoms with Crippen LogP contribution in [-0.2, 0) is 4.79 Å². The van der Waals surface area contributed by atoms with Gasteiger partial charge in [0.15, 0.2) is 6.61 Å². The molecule has 0 aliphatic carbocycles. The third-order valence-electron chi connectivity index (χ3n) is 5.23. The van der Waals surface area contributed by atoms with Crippen LogP contribution in [0.1, 0.15) is 19.3 Å². The fourth-order valence-corrected chi connectivity index (χ4v) is 3.68. The van der Waals surface area contributed by atoms with Gasteiger partial charge in [0.05, 0.1) is 0 Å². The van der Waals surface area contributed by atoms with Crippen molar-refractivity contribution in [2.45, 2.75) is 19.3 Å². The molecule has 8 heteroatoms. The number of carboxylic acid groups (broad SMARTS) is 1. The Kier molecular flexibility index (Phi) is 10.8. The molecule has 0 saturated carbocycles. The van der Waals surface area contributed by atoms with Gasteiger partial charge in [-0.05, 0) is 56.9 Å². The summed E-state index contributed by atoms with van der Waals surface area (Å²) in [4.78, 5) is 15.6. The van der Waals surface area contributed by atoms with Crippen LogP contribution in [0.5, 0.6) is 5.75 Å². The van der Waals surface area contributed by atoms with E-state index in [1.165, 1.54) is 38.9 Å². The molecule has 0 radical (unpaired) electrons. The standard InChI is InChI=1S/C19H29N3O3.2ClH/c23-19(24)15-25-18-3-1-2-17(14-18)22-12-10-21(11-13-22)9-6-16-4-7-20-8-5-16;;/h1-3,14,16,20H,4-13,15H2,(H,23,24);2*1H. The molecule has 2 saturated heterocycles. The Bertz CT molecular complexity index is 563. The van der Waals surface area contributed by atoms with Gasteiger partial charge in [0.1, 0.15) is 5.75 Å². The Hall–Kier alpha value is -1.21. The zero-order valence-corrected chi connectivity index (χ0v) is 17.3. The topological polar surface area (TPSA) is 65.0 Å². The van der Waals surface area contributed by atoms with E-state index < -0.39 is 5.97 Å². The van der Waals surface area contributed by atoms with Crippen LogP contribution in [0.15, 0.2) is 24.3 Å². The number of benzene rings is 1. The molecule has 0 aromatic heterocycles. The molecule has 154 valence electrons. The van der Waals surface area contributed by atoms with Gasteiger partial charge >= 0.3 is 5.97 Å². The zero-order chi connectivity index (χ0) is 17.5. The third kappa shape index (κ3) is 7.74. The first-order valence-corrected chi connectivity index (χ1v) is 9.33. The third-order valence-corrected chi connectivity index (χ3v) is 5.23. The van der Waals surface area contributed by atoms with Gasteiger partial charge in [0.25, 0.3) is 0 Å². The Morgan fingerprint density at radius 1 is 1.15 bits per heavy atom. The van der Waals surface area contributed by atoms with Crippen molar-refractivity contribution in [2.75, 3.05) is 57.3 Å². The van der Waals surface area contributed by atoms with Gasteiger partial charge in [0.2, 0.25) is 0 Å². The minimum atomic E-state index is -0.951. The SMILES string of the molecule is Cl.Cl.O=C(O)COc1cccc(N2CCN(CCC3CCNCC3)CC2)c1. The Labute approximate surface area is 174 Å². The number of carboxylic acids is 1. The van der Waals surface area contributed by atoms with Crippen LogP contribution in [0.25, 0.3) is 0 Å². The van der Waals surface area contributed by atoms with Crippen LogP contribution in [0.3, 0.4) is 0 Å². The summed E-state index contributed by atoms with van der Waals surface area (Å²) in [6.07, 6.45) is 3.96. The zero-order valence-electron chi connectivity index (χ0n) is 15.6. The normalized spacial score (nSPS) is 18.3. The number of nitrogens with zero attached hydrogens (tertiary/aromatic N) is 2. The van der Waals surface area contributed by atoms with Crippen LogP contribution in [-0.4, -0.2) is 68.4 Å². The van der Waals surface area contributed by atoms with Gasteiger partial charge < -0.3 is 20.1 Å². The number of carbonyl (C=O) groups is 1. The van der Waals surface area contributed by atoms with Gasteiger partial charge in [-0.2, -0.15) is 0 Å². The van der Waals surface area contributed by atoms with E-state index in [4.69, 9.17) is 9.84 Å². The van der Waals surface area contributed by atoms with E-state index in [2.05, 4.69) is 21.2 Å². The summed E-state index contributed by atoms with van der Waals surface area (Å²) >= 11 is 0. The highest BCUT2D eigenvalue weighted by Gasteiger charge is 2.19. The lowest BCUT2D eigenvalue weighted by atomic mass is 9.94. The second kappa shape index (κ2) is 12.3. The maximum atomic E-state index is 10.6. The molecule has 0 unspecified atom stereocenters. The lowest BCUT2D eigenvalue weighted by Gasteiger charge is -2.37. The number of nitrogens with one attached hydrogen (secondary N) is 1. The van der Waals surface area contributed by atoms with Gasteiger partial charge in [-0.25, -0.2) is 4.79 Å². The van der Waals surface area contributed by atoms with Crippen molar-refractivity contribution < 1.29 is 14.6 Å². The summed E-state index contributed by atoms with van der Waals surface area (Å²) in [5.41, 5.74) is 1.11. The minimum Gasteiger partial charge on any atom is -0.482 e. The highest BCUT2D eigenvalue weighted by atomic mass is 35.5. The van der Waals surface area contributed by atoms with Crippen LogP contribution in [0, 0.1) is 5.92 Å². The molecule has 2 aliphatic heterocycles. The van der Waals surface area contributed by atoms with Crippen molar-refractivity contribution in [3.63, 3.8) is 0 Å². The number of piperidine rings is 1. The number of piperazine rings is 1. The molecule has 3 rings (SSSR count). The van der Waals surface area contributed by atoms with E-state index in [0.717, 1.165) is 37.8 Å². The van der Waals surface area contributed by atoms with E-state index in [9.17, 15) is 4.79 Å². The number of anilines is 1. The largest absolute Gasteiger partial charge is 0.482 e. The average Bonchev–Trinajstić information content (AvgIpc) is 2.66. The minimum absolute atomic E-state index is 0. The number of hydrogen-bond acceptors (Lipinski definition) is 5. The van der Waals surface area contributed by atoms with E-state index >= 15 is 0 Å². The number of ether oxygens (including phenoxy) is 1. The first kappa shape index (κ1) is 23.8. The van der Waals surface area contributed by atoms with Crippen molar-refractivity contribution in [1.82, 2.24) is 10.2 Å². The Morgan fingerprint density at radius 3 is 2.52 bits per heavy atom. The molecule has 1 aromatic rings. The van der Waals surface area contributed by atoms with Crippen LogP contribution in [0.4, 0.5) is 5.69 Å². The fourth-order valence-electron chi connectivity index (χ4n) is 3.68. The highest BCUT2D eigenvalue weighted by molar-refractivity contribution is 5.85. The van der Waals surface area contributed by atoms with Crippen LogP contribution >= 0.6 is 24.8 Å². The summed E-state index contributed by atoms with van der Waals surface area (Å²) in [5.74, 6) is 0.559. The number of rotatable bonds is 7. The van der Waals surface area contributed by atoms with Crippen molar-refractivity contribution in [1.29, 1.82) is 0 Å². The second-order valence-electron chi connectivity index (χ2n) is 6.99. The van der Waals surface area contributed by atoms with Crippen molar-refractivity contribution in [3.05, 3.63) is 24.3 Å². The quantitative estimate of drug-likeness (QED) is 0.707. The van der Waals surface area contributed by atoms with Gasteiger partial charge in [0, 0.05) is 37.9 Å². The molecular formula is C19H31Cl2N3O3. The molecule has 2 heterocycles. The average molecular weight is 420 g/mol. The van der Waals surface area contributed by atoms with E-state index in [-0.39, 0.29) is 31.4 Å². The molecule has 0 amide bonds. The lowest BCUT2D eigenvalue weighted by Crippen LogP contribution is -2.47. The predicted molar refractivity (Wildman–Crippen MR) is 113 cm³/mol. The fraction of sp³-hybridized carbons (Fsp3) is 0.632. The lowest BCUT2D eigenvalue weighted by molar-refractivity contribution is -0.139. The Balaban J connectivity index is 0.00000182. The molecule has 2 fully saturated rings. The van der Waals surface area contributed by atoms with E-state index in [0.29, 0.717) is 5.75 Å². The highest BCUT2D eigenvalue weighted by Crippen LogP contribution is 2.23. The van der Waals surface area contributed by atoms with E-state index in [1.807, 2.05) is 18.2 Å². The monoisotopic (exact) mass is 419 g/mol. The molecule has 1 aromatic carbocycles. The van der Waals surface area contributed by atoms with Gasteiger partial charge in [-0.3, -0.25) is 4.90 Å². The molecule has 2 aliphatic rings. The maximum Gasteiger partial charge on any atom is 0.341 e. The first-order chi connectivity index (χ1) is 12.2. The smallest absolute Gasteiger partial charge is 0.341 e. The summed E-state index contributed by atoms with van der Waals surface area (Å²) in [6, 6.07) is 7.74. The van der Waals surface area contributed by atoms with Gasteiger partial charge in [-0.1, -0.05) is 6.07 Å². The molecule has 2 N–H and O–H groups in total. The molecule has 0 atom stereocenters. The molecule has 0 bridgehead atoms. The van der Waals surface area contributed by atoms with E-state index in [1.54, 1.807) is 0 Å². The Morgan fingerprint density at radius 2 is 1.85 bits per heavy atom. The van der Waals surface area contributed by atoms with Crippen molar-refractivity contribution in [2.24, 2.45) is 5.92 Å². The first-order valence-electron chi connectivity index (χ1n) is 9.33. The molecular weight excluding hydrogens is 389 g/mol. The number of halogens is 2. The van der Waals surface area contributed by atoms with Crippen molar-refractivity contribution in [3.8, 4) is 5.75 Å².